The summed E-state index contributed by atoms with van der Waals surface area (Å²) in [4.78, 5) is 10.5. The van der Waals surface area contributed by atoms with Crippen molar-refractivity contribution in [2.45, 2.75) is 6.42 Å². The van der Waals surface area contributed by atoms with Crippen LogP contribution in [-0.2, 0) is 4.79 Å². The lowest BCUT2D eigenvalue weighted by Crippen LogP contribution is -2.23. The van der Waals surface area contributed by atoms with Crippen LogP contribution >= 0.6 is 0 Å². The first-order valence-corrected chi connectivity index (χ1v) is 3.74. The van der Waals surface area contributed by atoms with Crippen molar-refractivity contribution in [2.75, 3.05) is 13.1 Å². The Bertz CT molecular complexity index is 157. The van der Waals surface area contributed by atoms with Crippen molar-refractivity contribution >= 4 is 5.97 Å². The molecule has 1 saturated heterocycles. The van der Waals surface area contributed by atoms with Crippen molar-refractivity contribution in [1.29, 1.82) is 0 Å². The summed E-state index contributed by atoms with van der Waals surface area (Å²) in [5, 5.41) is 11.9. The largest absolute Gasteiger partial charge is 0.481 e. The maximum absolute atomic E-state index is 10.5. The molecule has 3 nitrogen and oxygen atoms in total. The molecule has 0 bridgehead atoms. The van der Waals surface area contributed by atoms with Crippen LogP contribution in [0.1, 0.15) is 6.42 Å². The Hall–Kier alpha value is -0.570. The average molecular weight is 141 g/mol. The minimum Gasteiger partial charge on any atom is -0.481 e. The van der Waals surface area contributed by atoms with E-state index in [1.165, 1.54) is 0 Å². The van der Waals surface area contributed by atoms with E-state index in [2.05, 4.69) is 5.32 Å². The lowest BCUT2D eigenvalue weighted by Gasteiger charge is -2.07. The lowest BCUT2D eigenvalue weighted by atomic mass is 10.2. The molecule has 0 spiro atoms. The zero-order valence-corrected chi connectivity index (χ0v) is 5.71. The quantitative estimate of drug-likeness (QED) is 0.537. The number of aliphatic carboxylic acids is 1. The molecule has 0 amide bonds. The van der Waals surface area contributed by atoms with Crippen molar-refractivity contribution in [3.63, 3.8) is 0 Å². The molecule has 1 heterocycles. The molecule has 1 aliphatic heterocycles. The topological polar surface area (TPSA) is 49.3 Å². The van der Waals surface area contributed by atoms with E-state index >= 15 is 0 Å². The van der Waals surface area contributed by atoms with Crippen LogP contribution in [0.4, 0.5) is 0 Å². The summed E-state index contributed by atoms with van der Waals surface area (Å²) in [5.74, 6) is 0.332. The van der Waals surface area contributed by atoms with Gasteiger partial charge in [0.05, 0.1) is 5.92 Å². The molecule has 1 saturated carbocycles. The first kappa shape index (κ1) is 6.16. The van der Waals surface area contributed by atoms with Gasteiger partial charge in [0, 0.05) is 0 Å². The molecular formula is C7H11NO2. The van der Waals surface area contributed by atoms with Gasteiger partial charge in [-0.15, -0.1) is 0 Å². The molecule has 0 aromatic rings. The van der Waals surface area contributed by atoms with Gasteiger partial charge in [-0.2, -0.15) is 0 Å². The molecule has 2 fully saturated rings. The van der Waals surface area contributed by atoms with Crippen LogP contribution in [0.3, 0.4) is 0 Å². The Morgan fingerprint density at radius 3 is 2.80 bits per heavy atom. The molecule has 3 atom stereocenters. The zero-order valence-electron chi connectivity index (χ0n) is 5.71. The summed E-state index contributed by atoms with van der Waals surface area (Å²) in [7, 11) is 0. The van der Waals surface area contributed by atoms with Gasteiger partial charge >= 0.3 is 5.97 Å². The second kappa shape index (κ2) is 1.95. The highest BCUT2D eigenvalue weighted by atomic mass is 16.4. The molecule has 10 heavy (non-hydrogen) atoms. The fraction of sp³-hybridized carbons (Fsp3) is 0.857. The Labute approximate surface area is 59.4 Å². The SMILES string of the molecule is O=C(O)[C@H]1[C@@H]2CCNC[C@@H]21. The number of fused-ring (bicyclic) bond motifs is 1. The number of nitrogens with one attached hydrogen (secondary N) is 1. The fourth-order valence-electron chi connectivity index (χ4n) is 2.02. The van der Waals surface area contributed by atoms with Crippen LogP contribution < -0.4 is 5.32 Å². The first-order chi connectivity index (χ1) is 4.80. The highest BCUT2D eigenvalue weighted by Gasteiger charge is 2.55. The average Bonchev–Trinajstić information content (AvgIpc) is 2.60. The molecular weight excluding hydrogens is 130 g/mol. The van der Waals surface area contributed by atoms with Gasteiger partial charge in [0.15, 0.2) is 0 Å². The molecule has 56 valence electrons. The van der Waals surface area contributed by atoms with E-state index in [1.807, 2.05) is 0 Å². The van der Waals surface area contributed by atoms with E-state index in [0.717, 1.165) is 19.5 Å². The van der Waals surface area contributed by atoms with Gasteiger partial charge in [0.2, 0.25) is 0 Å². The highest BCUT2D eigenvalue weighted by Crippen LogP contribution is 2.49. The second-order valence-electron chi connectivity index (χ2n) is 3.18. The molecule has 2 aliphatic rings. The number of carbonyl (C=O) groups is 1. The van der Waals surface area contributed by atoms with Crippen LogP contribution in [0.5, 0.6) is 0 Å². The summed E-state index contributed by atoms with van der Waals surface area (Å²) < 4.78 is 0. The van der Waals surface area contributed by atoms with Crippen molar-refractivity contribution in [1.82, 2.24) is 5.32 Å². The van der Waals surface area contributed by atoms with Gasteiger partial charge in [-0.1, -0.05) is 0 Å². The molecule has 1 aliphatic carbocycles. The molecule has 3 heteroatoms. The van der Waals surface area contributed by atoms with Gasteiger partial charge < -0.3 is 10.4 Å². The number of hydrogen-bond donors (Lipinski definition) is 2. The van der Waals surface area contributed by atoms with Crippen LogP contribution in [0.25, 0.3) is 0 Å². The highest BCUT2D eigenvalue weighted by molar-refractivity contribution is 5.74. The van der Waals surface area contributed by atoms with Crippen molar-refractivity contribution in [2.24, 2.45) is 17.8 Å². The molecule has 0 aromatic heterocycles. The number of hydrogen-bond acceptors (Lipinski definition) is 2. The van der Waals surface area contributed by atoms with Crippen LogP contribution in [0.15, 0.2) is 0 Å². The summed E-state index contributed by atoms with van der Waals surface area (Å²) in [5.41, 5.74) is 0. The summed E-state index contributed by atoms with van der Waals surface area (Å²) >= 11 is 0. The third-order valence-electron chi connectivity index (χ3n) is 2.65. The Kier molecular flexibility index (Phi) is 1.20. The summed E-state index contributed by atoms with van der Waals surface area (Å²) in [6.07, 6.45) is 1.06. The normalized spacial score (nSPS) is 44.2. The minimum atomic E-state index is -0.598. The van der Waals surface area contributed by atoms with Gasteiger partial charge in [0.1, 0.15) is 0 Å². The number of carboxylic acids is 1. The van der Waals surface area contributed by atoms with E-state index in [-0.39, 0.29) is 5.92 Å². The van der Waals surface area contributed by atoms with Gasteiger partial charge in [-0.05, 0) is 31.3 Å². The summed E-state index contributed by atoms with van der Waals surface area (Å²) in [6, 6.07) is 0. The van der Waals surface area contributed by atoms with Crippen LogP contribution in [0, 0.1) is 17.8 Å². The lowest BCUT2D eigenvalue weighted by molar-refractivity contribution is -0.139. The van der Waals surface area contributed by atoms with Gasteiger partial charge in [-0.3, -0.25) is 4.79 Å². The Balaban J connectivity index is 1.99. The maximum Gasteiger partial charge on any atom is 0.307 e. The van der Waals surface area contributed by atoms with Gasteiger partial charge in [-0.25, -0.2) is 0 Å². The molecule has 0 aromatic carbocycles. The van der Waals surface area contributed by atoms with E-state index in [4.69, 9.17) is 5.11 Å². The van der Waals surface area contributed by atoms with Gasteiger partial charge in [0.25, 0.3) is 0 Å². The molecule has 0 radical (unpaired) electrons. The third kappa shape index (κ3) is 0.736. The standard InChI is InChI=1S/C7H11NO2/c9-7(10)6-4-1-2-8-3-5(4)6/h4-6,8H,1-3H2,(H,9,10)/t4-,5+,6+/m1/s1. The predicted molar refractivity (Wildman–Crippen MR) is 35.6 cm³/mol. The predicted octanol–water partition coefficient (Wildman–Crippen LogP) is -0.0735. The van der Waals surface area contributed by atoms with E-state index in [9.17, 15) is 4.79 Å². The number of piperidine rings is 1. The Morgan fingerprint density at radius 1 is 1.50 bits per heavy atom. The van der Waals surface area contributed by atoms with E-state index in [1.54, 1.807) is 0 Å². The van der Waals surface area contributed by atoms with Crippen LogP contribution in [-0.4, -0.2) is 24.2 Å². The first-order valence-electron chi connectivity index (χ1n) is 3.74. The second-order valence-corrected chi connectivity index (χ2v) is 3.18. The van der Waals surface area contributed by atoms with E-state index in [0.29, 0.717) is 11.8 Å². The Morgan fingerprint density at radius 2 is 2.30 bits per heavy atom. The zero-order chi connectivity index (χ0) is 7.14. The number of rotatable bonds is 1. The smallest absolute Gasteiger partial charge is 0.307 e. The van der Waals surface area contributed by atoms with E-state index < -0.39 is 5.97 Å². The molecule has 0 unspecified atom stereocenters. The monoisotopic (exact) mass is 141 g/mol. The van der Waals surface area contributed by atoms with Crippen molar-refractivity contribution < 1.29 is 9.90 Å². The van der Waals surface area contributed by atoms with Crippen molar-refractivity contribution in [3.8, 4) is 0 Å². The van der Waals surface area contributed by atoms with Crippen LogP contribution in [0.2, 0.25) is 0 Å². The molecule has 2 rings (SSSR count). The fourth-order valence-corrected chi connectivity index (χ4v) is 2.02. The minimum absolute atomic E-state index is 0.0185. The molecule has 2 N–H and O–H groups in total. The summed E-state index contributed by atoms with van der Waals surface area (Å²) in [6.45, 7) is 1.92. The third-order valence-corrected chi connectivity index (χ3v) is 2.65. The maximum atomic E-state index is 10.5. The number of carboxylic acid groups (broad SMARTS) is 1. The van der Waals surface area contributed by atoms with Crippen molar-refractivity contribution in [3.05, 3.63) is 0 Å².